The third-order valence-corrected chi connectivity index (χ3v) is 4.25. The van der Waals surface area contributed by atoms with Gasteiger partial charge < -0.3 is 14.2 Å². The van der Waals surface area contributed by atoms with E-state index < -0.39 is 24.4 Å². The van der Waals surface area contributed by atoms with E-state index in [1.807, 2.05) is 0 Å². The van der Waals surface area contributed by atoms with Crippen LogP contribution in [0, 0.1) is 0 Å². The second kappa shape index (κ2) is 10.5. The summed E-state index contributed by atoms with van der Waals surface area (Å²) in [5, 5.41) is 0.336. The van der Waals surface area contributed by atoms with Gasteiger partial charge in [0.1, 0.15) is 5.75 Å². The minimum atomic E-state index is -4.61. The minimum Gasteiger partial charge on any atom is -0.476 e. The second-order valence-corrected chi connectivity index (χ2v) is 6.55. The minimum absolute atomic E-state index is 0.0117. The van der Waals surface area contributed by atoms with Crippen LogP contribution in [0.3, 0.4) is 0 Å². The molecule has 8 heteroatoms. The third kappa shape index (κ3) is 6.94. The Labute approximate surface area is 172 Å². The van der Waals surface area contributed by atoms with Gasteiger partial charge in [-0.2, -0.15) is 13.2 Å². The van der Waals surface area contributed by atoms with E-state index in [2.05, 4.69) is 0 Å². The van der Waals surface area contributed by atoms with E-state index in [-0.39, 0.29) is 24.3 Å². The Morgan fingerprint density at radius 3 is 2.07 bits per heavy atom. The van der Waals surface area contributed by atoms with Crippen LogP contribution in [0.25, 0.3) is 0 Å². The molecule has 0 aliphatic heterocycles. The van der Waals surface area contributed by atoms with Crippen molar-refractivity contribution in [3.8, 4) is 5.75 Å². The number of ether oxygens (including phenoxy) is 3. The van der Waals surface area contributed by atoms with Crippen molar-refractivity contribution in [3.63, 3.8) is 0 Å². The summed E-state index contributed by atoms with van der Waals surface area (Å²) in [6.45, 7) is 4.12. The summed E-state index contributed by atoms with van der Waals surface area (Å²) >= 11 is 5.75. The van der Waals surface area contributed by atoms with Crippen molar-refractivity contribution in [1.29, 1.82) is 0 Å². The lowest BCUT2D eigenvalue weighted by Crippen LogP contribution is -2.26. The van der Waals surface area contributed by atoms with E-state index in [4.69, 9.17) is 25.8 Å². The molecule has 0 aromatic heterocycles. The van der Waals surface area contributed by atoms with E-state index >= 15 is 0 Å². The van der Waals surface area contributed by atoms with Crippen molar-refractivity contribution in [2.75, 3.05) is 13.2 Å². The maximum absolute atomic E-state index is 13.5. The molecule has 0 N–H and O–H groups in total. The molecule has 0 bridgehead atoms. The van der Waals surface area contributed by atoms with Crippen molar-refractivity contribution < 1.29 is 32.2 Å². The normalized spacial score (nSPS) is 13.6. The number of esters is 1. The average molecular weight is 431 g/mol. The van der Waals surface area contributed by atoms with E-state index in [1.165, 1.54) is 36.4 Å². The van der Waals surface area contributed by atoms with Crippen molar-refractivity contribution in [3.05, 3.63) is 64.7 Å². The predicted molar refractivity (Wildman–Crippen MR) is 103 cm³/mol. The highest BCUT2D eigenvalue weighted by atomic mass is 35.5. The molecule has 0 radical (unpaired) electrons. The first-order chi connectivity index (χ1) is 13.7. The molecule has 0 amide bonds. The Hall–Kier alpha value is -2.25. The first-order valence-corrected chi connectivity index (χ1v) is 9.48. The molecule has 2 unspecified atom stereocenters. The summed E-state index contributed by atoms with van der Waals surface area (Å²) in [5.74, 6) is -0.372. The quantitative estimate of drug-likeness (QED) is 0.454. The van der Waals surface area contributed by atoms with Gasteiger partial charge in [-0.3, -0.25) is 4.79 Å². The molecule has 2 rings (SSSR count). The van der Waals surface area contributed by atoms with Crippen molar-refractivity contribution in [2.45, 2.75) is 38.7 Å². The van der Waals surface area contributed by atoms with Crippen LogP contribution in [0.2, 0.25) is 5.02 Å². The van der Waals surface area contributed by atoms with Crippen LogP contribution in [-0.2, 0) is 14.3 Å². The number of alkyl halides is 3. The largest absolute Gasteiger partial charge is 0.476 e. The maximum atomic E-state index is 13.5. The first kappa shape index (κ1) is 23.0. The Kier molecular flexibility index (Phi) is 8.34. The molecule has 2 aromatic rings. The van der Waals surface area contributed by atoms with Gasteiger partial charge in [-0.15, -0.1) is 0 Å². The van der Waals surface area contributed by atoms with Crippen LogP contribution in [0.15, 0.2) is 48.5 Å². The Bertz CT molecular complexity index is 776. The van der Waals surface area contributed by atoms with Crippen LogP contribution >= 0.6 is 11.6 Å². The molecule has 0 fully saturated rings. The van der Waals surface area contributed by atoms with Gasteiger partial charge in [0, 0.05) is 17.2 Å². The summed E-state index contributed by atoms with van der Waals surface area (Å²) in [6, 6.07) is 11.3. The SMILES string of the molecule is CCOC(=O)CC(OCC)c1ccc(OC(c2ccc(Cl)cc2)C(F)(F)F)cc1. The molecule has 0 saturated carbocycles. The monoisotopic (exact) mass is 430 g/mol. The van der Waals surface area contributed by atoms with Gasteiger partial charge in [0.05, 0.1) is 19.1 Å². The highest BCUT2D eigenvalue weighted by Crippen LogP contribution is 2.37. The first-order valence-electron chi connectivity index (χ1n) is 9.10. The fourth-order valence-corrected chi connectivity index (χ4v) is 2.83. The molecule has 0 spiro atoms. The average Bonchev–Trinajstić information content (AvgIpc) is 2.66. The van der Waals surface area contributed by atoms with Crippen LogP contribution in [0.5, 0.6) is 5.75 Å². The zero-order valence-electron chi connectivity index (χ0n) is 16.0. The van der Waals surface area contributed by atoms with E-state index in [0.717, 1.165) is 0 Å². The molecule has 4 nitrogen and oxygen atoms in total. The van der Waals surface area contributed by atoms with Gasteiger partial charge in [0.2, 0.25) is 6.10 Å². The summed E-state index contributed by atoms with van der Waals surface area (Å²) < 4.78 is 56.2. The van der Waals surface area contributed by atoms with Crippen molar-refractivity contribution in [2.24, 2.45) is 0 Å². The summed E-state index contributed by atoms with van der Waals surface area (Å²) in [4.78, 5) is 11.7. The van der Waals surface area contributed by atoms with Gasteiger partial charge in [-0.25, -0.2) is 0 Å². The molecule has 0 aliphatic carbocycles. The summed E-state index contributed by atoms with van der Waals surface area (Å²) in [6.07, 6.45) is -7.28. The molecule has 0 heterocycles. The fourth-order valence-electron chi connectivity index (χ4n) is 2.70. The molecular weight excluding hydrogens is 409 g/mol. The molecule has 29 heavy (non-hydrogen) atoms. The van der Waals surface area contributed by atoms with Gasteiger partial charge in [0.15, 0.2) is 0 Å². The van der Waals surface area contributed by atoms with Gasteiger partial charge in [0.25, 0.3) is 0 Å². The smallest absolute Gasteiger partial charge is 0.429 e. The third-order valence-electron chi connectivity index (χ3n) is 4.00. The lowest BCUT2D eigenvalue weighted by Gasteiger charge is -2.23. The molecule has 2 aromatic carbocycles. The number of hydrogen-bond acceptors (Lipinski definition) is 4. The summed E-state index contributed by atoms with van der Waals surface area (Å²) in [5.41, 5.74) is 0.586. The number of halogens is 4. The van der Waals surface area contributed by atoms with Gasteiger partial charge in [-0.1, -0.05) is 35.9 Å². The number of carbonyl (C=O) groups excluding carboxylic acids is 1. The maximum Gasteiger partial charge on any atom is 0.429 e. The fraction of sp³-hybridized carbons (Fsp3) is 0.381. The number of benzene rings is 2. The Balaban J connectivity index is 2.18. The standard InChI is InChI=1S/C21H22ClF3O4/c1-3-27-18(13-19(26)28-4-2)14-7-11-17(12-8-14)29-20(21(23,24)25)15-5-9-16(22)10-6-15/h5-12,18,20H,3-4,13H2,1-2H3. The second-order valence-electron chi connectivity index (χ2n) is 6.11. The van der Waals surface area contributed by atoms with Gasteiger partial charge >= 0.3 is 12.1 Å². The molecule has 158 valence electrons. The number of rotatable bonds is 9. The molecular formula is C21H22ClF3O4. The number of hydrogen-bond donors (Lipinski definition) is 0. The van der Waals surface area contributed by atoms with Crippen LogP contribution < -0.4 is 4.74 Å². The molecule has 2 atom stereocenters. The van der Waals surface area contributed by atoms with Gasteiger partial charge in [-0.05, 0) is 43.7 Å². The predicted octanol–water partition coefficient (Wildman–Crippen LogP) is 6.05. The highest BCUT2D eigenvalue weighted by molar-refractivity contribution is 6.30. The van der Waals surface area contributed by atoms with E-state index in [0.29, 0.717) is 17.2 Å². The molecule has 0 aliphatic rings. The number of carbonyl (C=O) groups is 1. The van der Waals surface area contributed by atoms with Crippen molar-refractivity contribution >= 4 is 17.6 Å². The van der Waals surface area contributed by atoms with E-state index in [1.54, 1.807) is 26.0 Å². The lowest BCUT2D eigenvalue weighted by molar-refractivity contribution is -0.198. The van der Waals surface area contributed by atoms with Crippen LogP contribution in [0.1, 0.15) is 43.6 Å². The zero-order chi connectivity index (χ0) is 21.4. The highest BCUT2D eigenvalue weighted by Gasteiger charge is 2.43. The Morgan fingerprint density at radius 1 is 0.966 bits per heavy atom. The topological polar surface area (TPSA) is 44.8 Å². The van der Waals surface area contributed by atoms with Crippen molar-refractivity contribution in [1.82, 2.24) is 0 Å². The lowest BCUT2D eigenvalue weighted by atomic mass is 10.1. The van der Waals surface area contributed by atoms with E-state index in [9.17, 15) is 18.0 Å². The van der Waals surface area contributed by atoms with Crippen LogP contribution in [0.4, 0.5) is 13.2 Å². The Morgan fingerprint density at radius 2 is 1.55 bits per heavy atom. The zero-order valence-corrected chi connectivity index (χ0v) is 16.8. The van der Waals surface area contributed by atoms with Crippen LogP contribution in [-0.4, -0.2) is 25.4 Å². The molecule has 0 saturated heterocycles. The summed E-state index contributed by atoms with van der Waals surface area (Å²) in [7, 11) is 0.